The van der Waals surface area contributed by atoms with Crippen LogP contribution in [-0.2, 0) is 9.16 Å². The number of rotatable bonds is 3. The molecule has 2 heterocycles. The van der Waals surface area contributed by atoms with Gasteiger partial charge in [-0.2, -0.15) is 0 Å². The van der Waals surface area contributed by atoms with E-state index in [1.54, 1.807) is 0 Å². The first kappa shape index (κ1) is 13.7. The lowest BCUT2D eigenvalue weighted by Crippen LogP contribution is -2.39. The Bertz CT molecular complexity index is 318. The monoisotopic (exact) mass is 267 g/mol. The molecule has 18 heavy (non-hydrogen) atoms. The lowest BCUT2D eigenvalue weighted by atomic mass is 10.3. The predicted octanol–water partition coefficient (Wildman–Crippen LogP) is 3.12. The molecular formula is C14H25NO2Si. The normalized spacial score (nSPS) is 23.9. The van der Waals surface area contributed by atoms with E-state index in [0.29, 0.717) is 6.61 Å². The number of hydrogen-bond acceptors (Lipinski definition) is 3. The fourth-order valence-electron chi connectivity index (χ4n) is 2.82. The van der Waals surface area contributed by atoms with Crippen LogP contribution in [0.2, 0.25) is 18.6 Å². The molecule has 0 radical (unpaired) electrons. The van der Waals surface area contributed by atoms with Crippen LogP contribution in [-0.4, -0.2) is 39.5 Å². The Morgan fingerprint density at radius 2 is 2.06 bits per heavy atom. The van der Waals surface area contributed by atoms with Gasteiger partial charge < -0.3 is 14.1 Å². The van der Waals surface area contributed by atoms with E-state index in [4.69, 9.17) is 9.16 Å². The largest absolute Gasteiger partial charge is 0.475 e. The fourth-order valence-corrected chi connectivity index (χ4v) is 5.87. The Morgan fingerprint density at radius 1 is 1.33 bits per heavy atom. The Morgan fingerprint density at radius 3 is 2.61 bits per heavy atom. The second-order valence-corrected chi connectivity index (χ2v) is 9.51. The molecule has 1 saturated heterocycles. The van der Waals surface area contributed by atoms with Gasteiger partial charge >= 0.3 is 0 Å². The van der Waals surface area contributed by atoms with Gasteiger partial charge in [-0.05, 0) is 50.6 Å². The molecule has 0 aromatic carbocycles. The summed E-state index contributed by atoms with van der Waals surface area (Å²) in [6, 6.07) is 2.56. The standard InChI is InChI=1S/C14H25NO2Si/c1-3-17-18(2)12-6-9-15(10-7-13-18)14-8-4-5-11-16-14/h4-5,8H,3,6-7,9-13H2,1-2H3. The third-order valence-electron chi connectivity index (χ3n) is 3.77. The molecule has 4 heteroatoms. The summed E-state index contributed by atoms with van der Waals surface area (Å²) in [4.78, 5) is 2.39. The van der Waals surface area contributed by atoms with Gasteiger partial charge in [0.15, 0.2) is 14.2 Å². The van der Waals surface area contributed by atoms with Crippen molar-refractivity contribution < 1.29 is 9.16 Å². The highest BCUT2D eigenvalue weighted by Gasteiger charge is 2.30. The molecule has 2 aliphatic heterocycles. The highest BCUT2D eigenvalue weighted by Crippen LogP contribution is 2.26. The van der Waals surface area contributed by atoms with Crippen LogP contribution in [0.15, 0.2) is 24.1 Å². The number of ether oxygens (including phenoxy) is 1. The third kappa shape index (κ3) is 3.62. The molecule has 0 amide bonds. The van der Waals surface area contributed by atoms with E-state index in [9.17, 15) is 0 Å². The minimum Gasteiger partial charge on any atom is -0.475 e. The first-order valence-corrected chi connectivity index (χ1v) is 9.94. The molecule has 0 saturated carbocycles. The summed E-state index contributed by atoms with van der Waals surface area (Å²) in [5.41, 5.74) is 0. The summed E-state index contributed by atoms with van der Waals surface area (Å²) < 4.78 is 11.7. The molecule has 0 unspecified atom stereocenters. The summed E-state index contributed by atoms with van der Waals surface area (Å²) in [6.07, 6.45) is 8.69. The van der Waals surface area contributed by atoms with Crippen LogP contribution in [0.4, 0.5) is 0 Å². The molecule has 0 aromatic heterocycles. The van der Waals surface area contributed by atoms with Gasteiger partial charge in [-0.1, -0.05) is 6.08 Å². The van der Waals surface area contributed by atoms with Gasteiger partial charge in [0.25, 0.3) is 0 Å². The number of allylic oxidation sites excluding steroid dienone is 2. The van der Waals surface area contributed by atoms with Gasteiger partial charge in [0.2, 0.25) is 0 Å². The molecule has 2 rings (SSSR count). The first-order chi connectivity index (χ1) is 8.73. The summed E-state index contributed by atoms with van der Waals surface area (Å²) in [5.74, 6) is 1.05. The topological polar surface area (TPSA) is 21.7 Å². The van der Waals surface area contributed by atoms with E-state index in [2.05, 4.69) is 30.5 Å². The van der Waals surface area contributed by atoms with Crippen molar-refractivity contribution >= 4 is 8.32 Å². The average molecular weight is 267 g/mol. The SMILES string of the molecule is CCO[Si]1(C)CCCN(C2=CC=CCO2)CCC1. The van der Waals surface area contributed by atoms with Crippen LogP contribution >= 0.6 is 0 Å². The van der Waals surface area contributed by atoms with E-state index in [1.165, 1.54) is 24.9 Å². The molecule has 1 fully saturated rings. The average Bonchev–Trinajstić information content (AvgIpc) is 2.36. The quantitative estimate of drug-likeness (QED) is 0.733. The van der Waals surface area contributed by atoms with Crippen LogP contribution in [0.5, 0.6) is 0 Å². The zero-order valence-corrected chi connectivity index (χ0v) is 12.7. The van der Waals surface area contributed by atoms with Crippen LogP contribution in [0.1, 0.15) is 19.8 Å². The van der Waals surface area contributed by atoms with Crippen molar-refractivity contribution in [2.75, 3.05) is 26.3 Å². The molecule has 2 aliphatic rings. The maximum absolute atomic E-state index is 6.05. The van der Waals surface area contributed by atoms with Gasteiger partial charge in [-0.25, -0.2) is 0 Å². The molecule has 0 spiro atoms. The van der Waals surface area contributed by atoms with Crippen molar-refractivity contribution in [1.82, 2.24) is 4.90 Å². The first-order valence-electron chi connectivity index (χ1n) is 7.12. The Kier molecular flexibility index (Phi) is 4.89. The Balaban J connectivity index is 1.89. The van der Waals surface area contributed by atoms with Gasteiger partial charge in [0, 0.05) is 19.7 Å². The Labute approximate surface area is 112 Å². The van der Waals surface area contributed by atoms with E-state index in [0.717, 1.165) is 25.6 Å². The van der Waals surface area contributed by atoms with Crippen LogP contribution < -0.4 is 0 Å². The molecule has 0 N–H and O–H groups in total. The van der Waals surface area contributed by atoms with E-state index >= 15 is 0 Å². The summed E-state index contributed by atoms with van der Waals surface area (Å²) in [7, 11) is -1.40. The second kappa shape index (κ2) is 6.43. The third-order valence-corrected chi connectivity index (χ3v) is 7.58. The summed E-state index contributed by atoms with van der Waals surface area (Å²) >= 11 is 0. The van der Waals surface area contributed by atoms with Crippen LogP contribution in [0.3, 0.4) is 0 Å². The van der Waals surface area contributed by atoms with E-state index in [1.807, 2.05) is 6.08 Å². The van der Waals surface area contributed by atoms with Crippen LogP contribution in [0.25, 0.3) is 0 Å². The molecule has 0 bridgehead atoms. The lowest BCUT2D eigenvalue weighted by molar-refractivity contribution is 0.125. The lowest BCUT2D eigenvalue weighted by Gasteiger charge is -2.34. The molecule has 0 aromatic rings. The maximum atomic E-state index is 6.05. The molecule has 0 aliphatic carbocycles. The summed E-state index contributed by atoms with van der Waals surface area (Å²) in [5, 5.41) is 0. The maximum Gasteiger partial charge on any atom is 0.189 e. The molecular weight excluding hydrogens is 242 g/mol. The highest BCUT2D eigenvalue weighted by atomic mass is 28.4. The van der Waals surface area contributed by atoms with Gasteiger partial charge in [-0.15, -0.1) is 0 Å². The van der Waals surface area contributed by atoms with Crippen molar-refractivity contribution in [2.24, 2.45) is 0 Å². The van der Waals surface area contributed by atoms with E-state index < -0.39 is 8.32 Å². The van der Waals surface area contributed by atoms with Gasteiger partial charge in [0.05, 0.1) is 0 Å². The number of hydrogen-bond donors (Lipinski definition) is 0. The van der Waals surface area contributed by atoms with Crippen molar-refractivity contribution in [3.63, 3.8) is 0 Å². The zero-order valence-electron chi connectivity index (χ0n) is 11.7. The Hall–Kier alpha value is -0.743. The minimum atomic E-state index is -1.40. The van der Waals surface area contributed by atoms with Gasteiger partial charge in [-0.3, -0.25) is 0 Å². The van der Waals surface area contributed by atoms with Crippen molar-refractivity contribution in [2.45, 2.75) is 38.4 Å². The molecule has 102 valence electrons. The number of nitrogens with zero attached hydrogens (tertiary/aromatic N) is 1. The fraction of sp³-hybridized carbons (Fsp3) is 0.714. The molecule has 3 nitrogen and oxygen atoms in total. The second-order valence-electron chi connectivity index (χ2n) is 5.32. The minimum absolute atomic E-state index is 0.716. The van der Waals surface area contributed by atoms with Crippen molar-refractivity contribution in [1.29, 1.82) is 0 Å². The smallest absolute Gasteiger partial charge is 0.189 e. The zero-order chi connectivity index (χ0) is 12.8. The summed E-state index contributed by atoms with van der Waals surface area (Å²) in [6.45, 7) is 8.32. The van der Waals surface area contributed by atoms with Gasteiger partial charge in [0.1, 0.15) is 6.61 Å². The van der Waals surface area contributed by atoms with Crippen molar-refractivity contribution in [3.8, 4) is 0 Å². The highest BCUT2D eigenvalue weighted by molar-refractivity contribution is 6.72. The predicted molar refractivity (Wildman–Crippen MR) is 76.8 cm³/mol. The molecule has 0 atom stereocenters. The van der Waals surface area contributed by atoms with Crippen molar-refractivity contribution in [3.05, 3.63) is 24.1 Å². The van der Waals surface area contributed by atoms with E-state index in [-0.39, 0.29) is 0 Å². The van der Waals surface area contributed by atoms with Crippen LogP contribution in [0, 0.1) is 0 Å².